The van der Waals surface area contributed by atoms with Gasteiger partial charge in [-0.3, -0.25) is 0 Å². The molecular weight excluding hydrogens is 408 g/mol. The number of nitrogens with zero attached hydrogens (tertiary/aromatic N) is 2. The normalized spacial score (nSPS) is 11.8. The van der Waals surface area contributed by atoms with Crippen molar-refractivity contribution in [2.45, 2.75) is 23.7 Å². The Bertz CT molecular complexity index is 1270. The smallest absolute Gasteiger partial charge is 0.341 e. The zero-order valence-electron chi connectivity index (χ0n) is 15.9. The van der Waals surface area contributed by atoms with Crippen LogP contribution in [0.2, 0.25) is 0 Å². The van der Waals surface area contributed by atoms with E-state index >= 15 is 0 Å². The molecule has 1 heterocycles. The van der Waals surface area contributed by atoms with Gasteiger partial charge < -0.3 is 9.88 Å². The summed E-state index contributed by atoms with van der Waals surface area (Å²) in [6.07, 6.45) is 1.81. The van der Waals surface area contributed by atoms with Gasteiger partial charge in [0, 0.05) is 13.1 Å². The summed E-state index contributed by atoms with van der Waals surface area (Å²) in [7, 11) is -4.67. The molecule has 8 heteroatoms. The van der Waals surface area contributed by atoms with Gasteiger partial charge in [-0.1, -0.05) is 48.5 Å². The number of nitrogens with one attached hydrogen (secondary N) is 1. The van der Waals surface area contributed by atoms with Crippen LogP contribution in [0, 0.1) is 0 Å². The number of fused-ring (bicyclic) bond motifs is 1. The first kappa shape index (κ1) is 20.0. The number of aromatic nitrogens is 2. The van der Waals surface area contributed by atoms with Gasteiger partial charge >= 0.3 is 5.76 Å². The molecule has 30 heavy (non-hydrogen) atoms. The molecule has 0 saturated heterocycles. The van der Waals surface area contributed by atoms with Crippen LogP contribution in [0.15, 0.2) is 84.0 Å². The number of sulfone groups is 1. The molecule has 5 nitrogen and oxygen atoms in total. The molecule has 1 N–H and O–H groups in total. The molecule has 0 atom stereocenters. The van der Waals surface area contributed by atoms with E-state index in [1.165, 1.54) is 18.2 Å². The van der Waals surface area contributed by atoms with Gasteiger partial charge in [0.15, 0.2) is 0 Å². The molecule has 4 rings (SSSR count). The Morgan fingerprint density at radius 3 is 2.33 bits per heavy atom. The number of imidazole rings is 1. The van der Waals surface area contributed by atoms with E-state index < -0.39 is 20.5 Å². The predicted octanol–water partition coefficient (Wildman–Crippen LogP) is 4.69. The lowest BCUT2D eigenvalue weighted by Crippen LogP contribution is -2.14. The van der Waals surface area contributed by atoms with E-state index in [1.807, 2.05) is 48.5 Å². The lowest BCUT2D eigenvalue weighted by molar-refractivity contribution is 0.235. The summed E-state index contributed by atoms with van der Waals surface area (Å²) < 4.78 is 51.6. The fourth-order valence-corrected chi connectivity index (χ4v) is 4.16. The van der Waals surface area contributed by atoms with Gasteiger partial charge in [-0.25, -0.2) is 13.4 Å². The van der Waals surface area contributed by atoms with Crippen molar-refractivity contribution in [1.82, 2.24) is 9.55 Å². The minimum Gasteiger partial charge on any atom is -0.380 e. The predicted molar refractivity (Wildman–Crippen MR) is 112 cm³/mol. The van der Waals surface area contributed by atoms with Gasteiger partial charge in [0.1, 0.15) is 0 Å². The van der Waals surface area contributed by atoms with E-state index in [0.717, 1.165) is 22.2 Å². The molecule has 0 aliphatic heterocycles. The second-order valence-corrected chi connectivity index (χ2v) is 8.72. The fourth-order valence-electron chi connectivity index (χ4n) is 3.25. The summed E-state index contributed by atoms with van der Waals surface area (Å²) in [5.41, 5.74) is 4.14. The Morgan fingerprint density at radius 2 is 1.57 bits per heavy atom. The van der Waals surface area contributed by atoms with Gasteiger partial charge in [0.25, 0.3) is 0 Å². The van der Waals surface area contributed by atoms with Crippen molar-refractivity contribution in [1.29, 1.82) is 0 Å². The van der Waals surface area contributed by atoms with Crippen molar-refractivity contribution in [3.63, 3.8) is 0 Å². The number of hydrogen-bond donors (Lipinski definition) is 1. The number of anilines is 1. The third kappa shape index (κ3) is 4.04. The molecule has 0 amide bonds. The van der Waals surface area contributed by atoms with Crippen LogP contribution in [-0.2, 0) is 22.9 Å². The molecule has 0 spiro atoms. The molecule has 0 radical (unpaired) electrons. The van der Waals surface area contributed by atoms with Crippen molar-refractivity contribution in [3.8, 4) is 0 Å². The van der Waals surface area contributed by atoms with Crippen molar-refractivity contribution < 1.29 is 17.2 Å². The van der Waals surface area contributed by atoms with Crippen LogP contribution in [-0.4, -0.2) is 23.7 Å². The quantitative estimate of drug-likeness (QED) is 0.465. The molecule has 0 fully saturated rings. The average molecular weight is 427 g/mol. The van der Waals surface area contributed by atoms with E-state index in [1.54, 1.807) is 12.4 Å². The van der Waals surface area contributed by atoms with Crippen molar-refractivity contribution in [2.24, 2.45) is 0 Å². The first-order valence-corrected chi connectivity index (χ1v) is 10.8. The third-order valence-electron chi connectivity index (χ3n) is 4.81. The van der Waals surface area contributed by atoms with Gasteiger partial charge in [0.05, 0.1) is 27.9 Å². The Labute approximate surface area is 172 Å². The standard InChI is InChI=1S/C22H19F2N3O2S/c23-22(24)30(28,29)21-8-4-2-6-19(21)25-13-16-9-11-17(12-10-16)14-27-15-26-18-5-1-3-7-20(18)27/h1-12,15,22,25H,13-14H2. The number of benzene rings is 3. The number of hydrogen-bond acceptors (Lipinski definition) is 4. The van der Waals surface area contributed by atoms with Crippen LogP contribution in [0.4, 0.5) is 14.5 Å². The summed E-state index contributed by atoms with van der Waals surface area (Å²) in [5.74, 6) is -3.46. The van der Waals surface area contributed by atoms with Crippen LogP contribution in [0.3, 0.4) is 0 Å². The van der Waals surface area contributed by atoms with Crippen LogP contribution in [0.1, 0.15) is 11.1 Å². The largest absolute Gasteiger partial charge is 0.380 e. The van der Waals surface area contributed by atoms with Crippen molar-refractivity contribution in [2.75, 3.05) is 5.32 Å². The Morgan fingerprint density at radius 1 is 0.900 bits per heavy atom. The summed E-state index contributed by atoms with van der Waals surface area (Å²) >= 11 is 0. The zero-order chi connectivity index (χ0) is 21.1. The highest BCUT2D eigenvalue weighted by Gasteiger charge is 2.28. The number of halogens is 2. The maximum absolute atomic E-state index is 12.9. The zero-order valence-corrected chi connectivity index (χ0v) is 16.7. The highest BCUT2D eigenvalue weighted by atomic mass is 32.2. The number of rotatable bonds is 7. The van der Waals surface area contributed by atoms with E-state index in [0.29, 0.717) is 13.1 Å². The highest BCUT2D eigenvalue weighted by molar-refractivity contribution is 7.91. The third-order valence-corrected chi connectivity index (χ3v) is 6.25. The lowest BCUT2D eigenvalue weighted by Gasteiger charge is -2.12. The molecule has 154 valence electrons. The molecule has 0 saturated carbocycles. The number of alkyl halides is 2. The summed E-state index contributed by atoms with van der Waals surface area (Å²) in [6, 6.07) is 21.4. The van der Waals surface area contributed by atoms with Gasteiger partial charge in [-0.05, 0) is 35.4 Å². The Hall–Kier alpha value is -3.26. The maximum atomic E-state index is 12.9. The second-order valence-electron chi connectivity index (χ2n) is 6.83. The second kappa shape index (κ2) is 8.23. The Kier molecular flexibility index (Phi) is 5.50. The molecule has 4 aromatic rings. The van der Waals surface area contributed by atoms with Gasteiger partial charge in [-0.15, -0.1) is 0 Å². The van der Waals surface area contributed by atoms with Crippen LogP contribution < -0.4 is 5.32 Å². The summed E-state index contributed by atoms with van der Waals surface area (Å²) in [6.45, 7) is 0.980. The molecular formula is C22H19F2N3O2S. The molecule has 0 aliphatic rings. The Balaban J connectivity index is 1.46. The average Bonchev–Trinajstić information content (AvgIpc) is 3.16. The summed E-state index contributed by atoms with van der Waals surface area (Å²) in [5, 5.41) is 2.95. The minimum absolute atomic E-state index is 0.159. The van der Waals surface area contributed by atoms with E-state index in [2.05, 4.69) is 14.9 Å². The van der Waals surface area contributed by atoms with Crippen molar-refractivity contribution >= 4 is 26.6 Å². The van der Waals surface area contributed by atoms with Gasteiger partial charge in [0.2, 0.25) is 9.84 Å². The SMILES string of the molecule is O=S(=O)(c1ccccc1NCc1ccc(Cn2cnc3ccccc32)cc1)C(F)F. The molecule has 0 aliphatic carbocycles. The van der Waals surface area contributed by atoms with Crippen LogP contribution >= 0.6 is 0 Å². The number of para-hydroxylation sites is 3. The fraction of sp³-hybridized carbons (Fsp3) is 0.136. The summed E-state index contributed by atoms with van der Waals surface area (Å²) in [4.78, 5) is 3.99. The minimum atomic E-state index is -4.67. The van der Waals surface area contributed by atoms with Crippen LogP contribution in [0.25, 0.3) is 11.0 Å². The monoisotopic (exact) mass is 427 g/mol. The maximum Gasteiger partial charge on any atom is 0.341 e. The molecule has 1 aromatic heterocycles. The van der Waals surface area contributed by atoms with Crippen molar-refractivity contribution in [3.05, 3.63) is 90.3 Å². The van der Waals surface area contributed by atoms with E-state index in [9.17, 15) is 17.2 Å². The first-order chi connectivity index (χ1) is 14.4. The topological polar surface area (TPSA) is 64.0 Å². The van der Waals surface area contributed by atoms with Gasteiger partial charge in [-0.2, -0.15) is 8.78 Å². The molecule has 3 aromatic carbocycles. The highest BCUT2D eigenvalue weighted by Crippen LogP contribution is 2.26. The first-order valence-electron chi connectivity index (χ1n) is 9.28. The lowest BCUT2D eigenvalue weighted by atomic mass is 10.1. The van der Waals surface area contributed by atoms with E-state index in [-0.39, 0.29) is 5.69 Å². The molecule has 0 unspecified atom stereocenters. The van der Waals surface area contributed by atoms with Crippen LogP contribution in [0.5, 0.6) is 0 Å². The molecule has 0 bridgehead atoms. The van der Waals surface area contributed by atoms with E-state index in [4.69, 9.17) is 0 Å².